The lowest BCUT2D eigenvalue weighted by molar-refractivity contribution is 0.266. The van der Waals surface area contributed by atoms with Crippen molar-refractivity contribution < 1.29 is 0 Å². The molecule has 1 nitrogen and oxygen atoms in total. The molecule has 0 bridgehead atoms. The van der Waals surface area contributed by atoms with Crippen molar-refractivity contribution in [2.24, 2.45) is 0 Å². The van der Waals surface area contributed by atoms with E-state index >= 15 is 0 Å². The SMILES string of the molecule is CSCC(C)N(C)CC(CBr)c1ccccc1. The van der Waals surface area contributed by atoms with Gasteiger partial charge < -0.3 is 4.90 Å². The molecular formula is C14H22BrNS. The van der Waals surface area contributed by atoms with Gasteiger partial charge in [-0.25, -0.2) is 0 Å². The highest BCUT2D eigenvalue weighted by Crippen LogP contribution is 2.20. The Morgan fingerprint density at radius 3 is 2.47 bits per heavy atom. The first-order valence-electron chi connectivity index (χ1n) is 5.99. The molecular weight excluding hydrogens is 294 g/mol. The Balaban J connectivity index is 2.58. The van der Waals surface area contributed by atoms with E-state index in [4.69, 9.17) is 0 Å². The summed E-state index contributed by atoms with van der Waals surface area (Å²) in [6, 6.07) is 11.4. The zero-order valence-corrected chi connectivity index (χ0v) is 13.3. The van der Waals surface area contributed by atoms with Gasteiger partial charge in [0, 0.05) is 29.6 Å². The summed E-state index contributed by atoms with van der Waals surface area (Å²) in [6.45, 7) is 3.41. The summed E-state index contributed by atoms with van der Waals surface area (Å²) in [4.78, 5) is 2.45. The third-order valence-corrected chi connectivity index (χ3v) is 4.72. The van der Waals surface area contributed by atoms with Crippen molar-refractivity contribution in [3.63, 3.8) is 0 Å². The Hall–Kier alpha value is 0.0100. The molecule has 2 atom stereocenters. The van der Waals surface area contributed by atoms with Crippen LogP contribution in [0.2, 0.25) is 0 Å². The van der Waals surface area contributed by atoms with Crippen molar-refractivity contribution in [2.75, 3.05) is 30.9 Å². The summed E-state index contributed by atoms with van der Waals surface area (Å²) in [7, 11) is 2.22. The number of nitrogens with zero attached hydrogens (tertiary/aromatic N) is 1. The molecule has 1 rings (SSSR count). The zero-order chi connectivity index (χ0) is 12.7. The van der Waals surface area contributed by atoms with Crippen LogP contribution in [-0.2, 0) is 0 Å². The van der Waals surface area contributed by atoms with Crippen molar-refractivity contribution in [3.8, 4) is 0 Å². The Bertz CT molecular complexity index is 304. The maximum Gasteiger partial charge on any atom is 0.0155 e. The molecule has 3 heteroatoms. The molecule has 0 fully saturated rings. The second kappa shape index (κ2) is 8.17. The summed E-state index contributed by atoms with van der Waals surface area (Å²) < 4.78 is 0. The molecule has 0 N–H and O–H groups in total. The van der Waals surface area contributed by atoms with E-state index in [-0.39, 0.29) is 0 Å². The molecule has 96 valence electrons. The third kappa shape index (κ3) is 5.02. The summed E-state index contributed by atoms with van der Waals surface area (Å²) in [5.41, 5.74) is 1.42. The van der Waals surface area contributed by atoms with E-state index in [1.165, 1.54) is 11.3 Å². The Labute approximate surface area is 118 Å². The Morgan fingerprint density at radius 2 is 1.94 bits per heavy atom. The monoisotopic (exact) mass is 315 g/mol. The van der Waals surface area contributed by atoms with Crippen LogP contribution in [0.1, 0.15) is 18.4 Å². The minimum atomic E-state index is 0.575. The lowest BCUT2D eigenvalue weighted by Gasteiger charge is -2.28. The second-order valence-electron chi connectivity index (χ2n) is 4.51. The Morgan fingerprint density at radius 1 is 1.29 bits per heavy atom. The fraction of sp³-hybridized carbons (Fsp3) is 0.571. The van der Waals surface area contributed by atoms with Crippen molar-refractivity contribution >= 4 is 27.7 Å². The number of hydrogen-bond acceptors (Lipinski definition) is 2. The van der Waals surface area contributed by atoms with E-state index < -0.39 is 0 Å². The van der Waals surface area contributed by atoms with Gasteiger partial charge in [0.1, 0.15) is 0 Å². The standard InChI is InChI=1S/C14H22BrNS/c1-12(11-17-3)16(2)10-14(9-15)13-7-5-4-6-8-13/h4-8,12,14H,9-11H2,1-3H3. The van der Waals surface area contributed by atoms with E-state index in [1.807, 2.05) is 11.8 Å². The molecule has 0 aliphatic rings. The van der Waals surface area contributed by atoms with E-state index in [9.17, 15) is 0 Å². The largest absolute Gasteiger partial charge is 0.302 e. The molecule has 2 unspecified atom stereocenters. The second-order valence-corrected chi connectivity index (χ2v) is 6.06. The number of halogens is 1. The van der Waals surface area contributed by atoms with Crippen LogP contribution in [0.15, 0.2) is 30.3 Å². The molecule has 0 aliphatic carbocycles. The van der Waals surface area contributed by atoms with Gasteiger partial charge in [0.05, 0.1) is 0 Å². The smallest absolute Gasteiger partial charge is 0.0155 e. The fourth-order valence-corrected chi connectivity index (χ4v) is 3.18. The van der Waals surface area contributed by atoms with Crippen molar-refractivity contribution in [2.45, 2.75) is 18.9 Å². The lowest BCUT2D eigenvalue weighted by atomic mass is 10.0. The van der Waals surface area contributed by atoms with Gasteiger partial charge in [-0.3, -0.25) is 0 Å². The number of hydrogen-bond donors (Lipinski definition) is 0. The summed E-state index contributed by atoms with van der Waals surface area (Å²) in [6.07, 6.45) is 2.17. The molecule has 0 saturated heterocycles. The highest BCUT2D eigenvalue weighted by atomic mass is 79.9. The average Bonchev–Trinajstić information content (AvgIpc) is 2.37. The normalized spacial score (nSPS) is 14.9. The average molecular weight is 316 g/mol. The van der Waals surface area contributed by atoms with E-state index in [1.54, 1.807) is 0 Å². The minimum Gasteiger partial charge on any atom is -0.302 e. The van der Waals surface area contributed by atoms with E-state index in [0.717, 1.165) is 11.9 Å². The van der Waals surface area contributed by atoms with Crippen LogP contribution in [0.5, 0.6) is 0 Å². The van der Waals surface area contributed by atoms with Gasteiger partial charge in [-0.05, 0) is 25.8 Å². The quantitative estimate of drug-likeness (QED) is 0.703. The molecule has 17 heavy (non-hydrogen) atoms. The molecule has 0 amide bonds. The van der Waals surface area contributed by atoms with Crippen molar-refractivity contribution in [3.05, 3.63) is 35.9 Å². The predicted molar refractivity (Wildman–Crippen MR) is 83.5 cm³/mol. The molecule has 0 heterocycles. The Kier molecular flexibility index (Phi) is 7.24. The molecule has 0 saturated carbocycles. The van der Waals surface area contributed by atoms with E-state index in [2.05, 4.69) is 71.4 Å². The van der Waals surface area contributed by atoms with Gasteiger partial charge >= 0.3 is 0 Å². The van der Waals surface area contributed by atoms with Crippen LogP contribution in [-0.4, -0.2) is 41.9 Å². The van der Waals surface area contributed by atoms with Crippen LogP contribution in [0, 0.1) is 0 Å². The van der Waals surface area contributed by atoms with E-state index in [0.29, 0.717) is 12.0 Å². The molecule has 0 aliphatic heterocycles. The van der Waals surface area contributed by atoms with Crippen molar-refractivity contribution in [1.29, 1.82) is 0 Å². The van der Waals surface area contributed by atoms with Gasteiger partial charge in [0.2, 0.25) is 0 Å². The van der Waals surface area contributed by atoms with Crippen LogP contribution in [0.4, 0.5) is 0 Å². The van der Waals surface area contributed by atoms with Gasteiger partial charge in [0.15, 0.2) is 0 Å². The van der Waals surface area contributed by atoms with Crippen molar-refractivity contribution in [1.82, 2.24) is 4.90 Å². The molecule has 0 spiro atoms. The number of thioether (sulfide) groups is 1. The summed E-state index contributed by atoms with van der Waals surface area (Å²) >= 11 is 5.55. The fourth-order valence-electron chi connectivity index (χ4n) is 1.86. The predicted octanol–water partition coefficient (Wildman–Crippen LogP) is 3.85. The van der Waals surface area contributed by atoms with Gasteiger partial charge in [-0.1, -0.05) is 46.3 Å². The van der Waals surface area contributed by atoms with Crippen LogP contribution < -0.4 is 0 Å². The maximum atomic E-state index is 3.64. The molecule has 0 aromatic heterocycles. The zero-order valence-electron chi connectivity index (χ0n) is 10.9. The van der Waals surface area contributed by atoms with Gasteiger partial charge in [0.25, 0.3) is 0 Å². The van der Waals surface area contributed by atoms with Gasteiger partial charge in [-0.15, -0.1) is 0 Å². The summed E-state index contributed by atoms with van der Waals surface area (Å²) in [5, 5.41) is 1.02. The highest BCUT2D eigenvalue weighted by molar-refractivity contribution is 9.09. The number of benzene rings is 1. The number of likely N-dealkylation sites (N-methyl/N-ethyl adjacent to an activating group) is 1. The highest BCUT2D eigenvalue weighted by Gasteiger charge is 2.16. The lowest BCUT2D eigenvalue weighted by Crippen LogP contribution is -2.35. The summed E-state index contributed by atoms with van der Waals surface area (Å²) in [5.74, 6) is 1.77. The number of rotatable bonds is 7. The molecule has 1 aromatic carbocycles. The third-order valence-electron chi connectivity index (χ3n) is 3.13. The minimum absolute atomic E-state index is 0.575. The maximum absolute atomic E-state index is 3.64. The molecule has 0 radical (unpaired) electrons. The number of alkyl halides is 1. The topological polar surface area (TPSA) is 3.24 Å². The first-order chi connectivity index (χ1) is 8.19. The van der Waals surface area contributed by atoms with Crippen LogP contribution in [0.25, 0.3) is 0 Å². The first kappa shape index (κ1) is 15.1. The first-order valence-corrected chi connectivity index (χ1v) is 8.50. The van der Waals surface area contributed by atoms with Crippen LogP contribution >= 0.6 is 27.7 Å². The van der Waals surface area contributed by atoms with Crippen LogP contribution in [0.3, 0.4) is 0 Å². The van der Waals surface area contributed by atoms with Gasteiger partial charge in [-0.2, -0.15) is 11.8 Å². The molecule has 1 aromatic rings.